The summed E-state index contributed by atoms with van der Waals surface area (Å²) in [6, 6.07) is 10.9. The summed E-state index contributed by atoms with van der Waals surface area (Å²) >= 11 is 0. The van der Waals surface area contributed by atoms with Crippen LogP contribution in [-0.2, 0) is 0 Å². The van der Waals surface area contributed by atoms with Crippen molar-refractivity contribution in [3.63, 3.8) is 0 Å². The highest BCUT2D eigenvalue weighted by atomic mass is 28.3. The van der Waals surface area contributed by atoms with Crippen LogP contribution in [-0.4, -0.2) is 23.0 Å². The fourth-order valence-corrected chi connectivity index (χ4v) is 3.40. The highest BCUT2D eigenvalue weighted by Gasteiger charge is 2.16. The Kier molecular flexibility index (Phi) is 2.75. The maximum Gasteiger partial charge on any atom is 0.157 e. The van der Waals surface area contributed by atoms with Gasteiger partial charge >= 0.3 is 0 Å². The lowest BCUT2D eigenvalue weighted by Crippen LogP contribution is -2.37. The zero-order valence-corrected chi connectivity index (χ0v) is 12.4. The van der Waals surface area contributed by atoms with Crippen LogP contribution in [0.25, 0.3) is 22.3 Å². The topological polar surface area (TPSA) is 41.6 Å². The Morgan fingerprint density at radius 2 is 1.68 bits per heavy atom. The molecule has 2 aromatic heterocycles. The molecule has 0 amide bonds. The summed E-state index contributed by atoms with van der Waals surface area (Å²) in [4.78, 5) is 11.7. The van der Waals surface area contributed by atoms with Crippen molar-refractivity contribution in [1.82, 2.24) is 15.0 Å². The van der Waals surface area contributed by atoms with E-state index in [0.717, 1.165) is 16.7 Å². The number of benzene rings is 1. The van der Waals surface area contributed by atoms with Crippen molar-refractivity contribution in [3.05, 3.63) is 42.9 Å². The van der Waals surface area contributed by atoms with Crippen LogP contribution in [0.3, 0.4) is 0 Å². The van der Waals surface area contributed by atoms with Crippen LogP contribution in [0.5, 0.6) is 0 Å². The number of pyridine rings is 1. The fraction of sp³-hybridized carbons (Fsp3) is 0.200. The Morgan fingerprint density at radius 1 is 0.947 bits per heavy atom. The lowest BCUT2D eigenvalue weighted by molar-refractivity contribution is 1.30. The molecule has 0 bridgehead atoms. The lowest BCUT2D eigenvalue weighted by atomic mass is 10.1. The normalized spacial score (nSPS) is 11.9. The predicted molar refractivity (Wildman–Crippen MR) is 82.3 cm³/mol. The minimum Gasteiger partial charge on any atom is -0.329 e. The summed E-state index contributed by atoms with van der Waals surface area (Å²) in [6.45, 7) is 7.08. The van der Waals surface area contributed by atoms with Crippen LogP contribution in [0, 0.1) is 0 Å². The number of nitrogens with one attached hydrogen (secondary N) is 1. The number of hydrogen-bond donors (Lipinski definition) is 1. The monoisotopic (exact) mass is 267 g/mol. The summed E-state index contributed by atoms with van der Waals surface area (Å²) in [6.07, 6.45) is 3.51. The first-order valence-electron chi connectivity index (χ1n) is 6.45. The smallest absolute Gasteiger partial charge is 0.157 e. The van der Waals surface area contributed by atoms with E-state index in [2.05, 4.69) is 58.9 Å². The Morgan fingerprint density at radius 3 is 2.37 bits per heavy atom. The first kappa shape index (κ1) is 12.1. The maximum absolute atomic E-state index is 4.36. The molecule has 4 heteroatoms. The highest BCUT2D eigenvalue weighted by Crippen LogP contribution is 2.24. The van der Waals surface area contributed by atoms with Gasteiger partial charge < -0.3 is 4.98 Å². The quantitative estimate of drug-likeness (QED) is 0.725. The van der Waals surface area contributed by atoms with Crippen molar-refractivity contribution >= 4 is 24.4 Å². The van der Waals surface area contributed by atoms with Crippen molar-refractivity contribution < 1.29 is 0 Å². The molecule has 3 aromatic rings. The fourth-order valence-electron chi connectivity index (χ4n) is 2.23. The molecule has 3 rings (SSSR count). The molecule has 96 valence electrons. The molecule has 19 heavy (non-hydrogen) atoms. The average Bonchev–Trinajstić information content (AvgIpc) is 2.86. The first-order chi connectivity index (χ1) is 9.05. The second-order valence-electron chi connectivity index (χ2n) is 5.79. The van der Waals surface area contributed by atoms with Gasteiger partial charge in [-0.1, -0.05) is 49.1 Å². The van der Waals surface area contributed by atoms with Crippen LogP contribution >= 0.6 is 0 Å². The lowest BCUT2D eigenvalue weighted by Gasteiger charge is -2.16. The minimum absolute atomic E-state index is 0.840. The second kappa shape index (κ2) is 4.31. The third kappa shape index (κ3) is 2.19. The average molecular weight is 267 g/mol. The molecule has 0 spiro atoms. The number of fused-ring (bicyclic) bond motifs is 1. The Balaban J connectivity index is 2.10. The van der Waals surface area contributed by atoms with E-state index in [0.29, 0.717) is 0 Å². The minimum atomic E-state index is -1.23. The SMILES string of the molecule is C[Si](C)(C)c1ccc(-c2ccnc3[nH]cnc23)cc1. The largest absolute Gasteiger partial charge is 0.329 e. The Labute approximate surface area is 113 Å². The first-order valence-corrected chi connectivity index (χ1v) is 9.95. The summed E-state index contributed by atoms with van der Waals surface area (Å²) in [7, 11) is -1.23. The van der Waals surface area contributed by atoms with Gasteiger partial charge in [0, 0.05) is 11.8 Å². The van der Waals surface area contributed by atoms with Crippen molar-refractivity contribution in [2.45, 2.75) is 19.6 Å². The number of aromatic nitrogens is 3. The number of imidazole rings is 1. The van der Waals surface area contributed by atoms with Crippen LogP contribution in [0.15, 0.2) is 42.9 Å². The number of nitrogens with zero attached hydrogens (tertiary/aromatic N) is 2. The van der Waals surface area contributed by atoms with Gasteiger partial charge in [0.15, 0.2) is 5.65 Å². The summed E-state index contributed by atoms with van der Waals surface area (Å²) in [5, 5.41) is 1.48. The van der Waals surface area contributed by atoms with E-state index in [1.54, 1.807) is 6.33 Å². The van der Waals surface area contributed by atoms with Gasteiger partial charge in [-0.15, -0.1) is 0 Å². The summed E-state index contributed by atoms with van der Waals surface area (Å²) in [5.41, 5.74) is 4.10. The molecule has 0 unspecified atom stereocenters. The third-order valence-electron chi connectivity index (χ3n) is 3.38. The molecule has 0 aliphatic rings. The summed E-state index contributed by atoms with van der Waals surface area (Å²) < 4.78 is 0. The molecule has 1 aromatic carbocycles. The second-order valence-corrected chi connectivity index (χ2v) is 10.9. The molecule has 0 aliphatic heterocycles. The molecule has 0 atom stereocenters. The van der Waals surface area contributed by atoms with Gasteiger partial charge in [0.05, 0.1) is 14.4 Å². The molecule has 0 radical (unpaired) electrons. The van der Waals surface area contributed by atoms with Crippen LogP contribution in [0.2, 0.25) is 19.6 Å². The Hall–Kier alpha value is -1.94. The van der Waals surface area contributed by atoms with Crippen molar-refractivity contribution in [1.29, 1.82) is 0 Å². The van der Waals surface area contributed by atoms with E-state index in [1.807, 2.05) is 12.3 Å². The molecule has 0 saturated carbocycles. The van der Waals surface area contributed by atoms with E-state index >= 15 is 0 Å². The van der Waals surface area contributed by atoms with E-state index in [1.165, 1.54) is 10.8 Å². The van der Waals surface area contributed by atoms with Crippen LogP contribution in [0.1, 0.15) is 0 Å². The molecule has 2 heterocycles. The van der Waals surface area contributed by atoms with Crippen LogP contribution < -0.4 is 5.19 Å². The molecule has 1 N–H and O–H groups in total. The zero-order valence-electron chi connectivity index (χ0n) is 11.4. The zero-order chi connectivity index (χ0) is 13.5. The van der Waals surface area contributed by atoms with Crippen molar-refractivity contribution in [2.24, 2.45) is 0 Å². The number of rotatable bonds is 2. The van der Waals surface area contributed by atoms with E-state index in [4.69, 9.17) is 0 Å². The predicted octanol–water partition coefficient (Wildman–Crippen LogP) is 3.17. The molecular formula is C15H17N3Si. The molecule has 0 aliphatic carbocycles. The van der Waals surface area contributed by atoms with E-state index in [9.17, 15) is 0 Å². The molecule has 0 saturated heterocycles. The van der Waals surface area contributed by atoms with Crippen LogP contribution in [0.4, 0.5) is 0 Å². The standard InChI is InChI=1S/C15H17N3Si/c1-19(2,3)12-6-4-11(5-7-12)13-8-9-16-15-14(13)17-10-18-15/h4-10H,1-3H3,(H,16,17,18). The number of aromatic amines is 1. The number of H-pyrrole nitrogens is 1. The highest BCUT2D eigenvalue weighted by molar-refractivity contribution is 6.88. The maximum atomic E-state index is 4.36. The van der Waals surface area contributed by atoms with Gasteiger partial charge in [0.2, 0.25) is 0 Å². The van der Waals surface area contributed by atoms with Gasteiger partial charge in [-0.3, -0.25) is 0 Å². The van der Waals surface area contributed by atoms with Gasteiger partial charge in [0.1, 0.15) is 5.52 Å². The van der Waals surface area contributed by atoms with Gasteiger partial charge in [-0.05, 0) is 11.6 Å². The van der Waals surface area contributed by atoms with Crippen molar-refractivity contribution in [3.8, 4) is 11.1 Å². The summed E-state index contributed by atoms with van der Waals surface area (Å²) in [5.74, 6) is 0. The molecule has 3 nitrogen and oxygen atoms in total. The molecular weight excluding hydrogens is 250 g/mol. The van der Waals surface area contributed by atoms with Gasteiger partial charge in [-0.25, -0.2) is 9.97 Å². The van der Waals surface area contributed by atoms with E-state index < -0.39 is 8.07 Å². The Bertz CT molecular complexity index is 708. The van der Waals surface area contributed by atoms with Gasteiger partial charge in [0.25, 0.3) is 0 Å². The third-order valence-corrected chi connectivity index (χ3v) is 5.45. The number of hydrogen-bond acceptors (Lipinski definition) is 2. The van der Waals surface area contributed by atoms with E-state index in [-0.39, 0.29) is 0 Å². The molecule has 0 fully saturated rings. The van der Waals surface area contributed by atoms with Gasteiger partial charge in [-0.2, -0.15) is 0 Å². The van der Waals surface area contributed by atoms with Crippen molar-refractivity contribution in [2.75, 3.05) is 0 Å².